The van der Waals surface area contributed by atoms with Crippen molar-refractivity contribution in [1.82, 2.24) is 5.32 Å². The van der Waals surface area contributed by atoms with Crippen LogP contribution < -0.4 is 10.1 Å². The van der Waals surface area contributed by atoms with E-state index in [9.17, 15) is 0 Å². The second-order valence-corrected chi connectivity index (χ2v) is 6.54. The highest BCUT2D eigenvalue weighted by atomic mass is 79.9. The quantitative estimate of drug-likeness (QED) is 0.823. The monoisotopic (exact) mass is 383 g/mol. The van der Waals surface area contributed by atoms with Gasteiger partial charge in [-0.25, -0.2) is 0 Å². The number of hydrogen-bond acceptors (Lipinski definition) is 2. The first-order chi connectivity index (χ1) is 9.24. The Labute approximate surface area is 129 Å². The lowest BCUT2D eigenvalue weighted by Crippen LogP contribution is -2.37. The van der Waals surface area contributed by atoms with E-state index in [1.807, 2.05) is 6.07 Å². The van der Waals surface area contributed by atoms with E-state index >= 15 is 0 Å². The Bertz CT molecular complexity index is 594. The number of piperidine rings is 1. The number of halogens is 2. The number of ether oxygens (including phenoxy) is 1. The van der Waals surface area contributed by atoms with Gasteiger partial charge >= 0.3 is 0 Å². The van der Waals surface area contributed by atoms with E-state index in [1.165, 1.54) is 17.2 Å². The molecular weight excluding hydrogens is 370 g/mol. The van der Waals surface area contributed by atoms with Gasteiger partial charge in [0.1, 0.15) is 11.9 Å². The fourth-order valence-corrected chi connectivity index (χ4v) is 3.40. The molecule has 0 aliphatic carbocycles. The molecule has 1 heterocycles. The van der Waals surface area contributed by atoms with Gasteiger partial charge in [-0.2, -0.15) is 0 Å². The molecule has 1 fully saturated rings. The number of hydrogen-bond donors (Lipinski definition) is 1. The van der Waals surface area contributed by atoms with Crippen molar-refractivity contribution >= 4 is 42.6 Å². The molecule has 2 aromatic carbocycles. The molecule has 1 atom stereocenters. The zero-order chi connectivity index (χ0) is 13.2. The summed E-state index contributed by atoms with van der Waals surface area (Å²) in [5.41, 5.74) is 0. The molecule has 0 aromatic heterocycles. The summed E-state index contributed by atoms with van der Waals surface area (Å²) in [5, 5.41) is 5.76. The van der Waals surface area contributed by atoms with Crippen LogP contribution in [0.25, 0.3) is 10.8 Å². The summed E-state index contributed by atoms with van der Waals surface area (Å²) in [4.78, 5) is 0. The molecule has 1 saturated heterocycles. The highest BCUT2D eigenvalue weighted by molar-refractivity contribution is 9.11. The van der Waals surface area contributed by atoms with Crippen molar-refractivity contribution in [2.24, 2.45) is 0 Å². The third kappa shape index (κ3) is 2.96. The molecule has 0 bridgehead atoms. The van der Waals surface area contributed by atoms with Gasteiger partial charge in [0.15, 0.2) is 0 Å². The molecule has 4 heteroatoms. The van der Waals surface area contributed by atoms with Gasteiger partial charge in [0.25, 0.3) is 0 Å². The van der Waals surface area contributed by atoms with Crippen molar-refractivity contribution in [3.05, 3.63) is 39.3 Å². The zero-order valence-electron chi connectivity index (χ0n) is 10.5. The van der Waals surface area contributed by atoms with Gasteiger partial charge in [0.2, 0.25) is 0 Å². The van der Waals surface area contributed by atoms with Crippen LogP contribution in [-0.4, -0.2) is 19.2 Å². The predicted molar refractivity (Wildman–Crippen MR) is 85.9 cm³/mol. The molecule has 3 rings (SSSR count). The van der Waals surface area contributed by atoms with Gasteiger partial charge in [0, 0.05) is 11.0 Å². The molecule has 0 radical (unpaired) electrons. The van der Waals surface area contributed by atoms with Crippen LogP contribution >= 0.6 is 31.9 Å². The smallest absolute Gasteiger partial charge is 0.134 e. The normalized spacial score (nSPS) is 19.6. The molecule has 1 unspecified atom stereocenters. The largest absolute Gasteiger partial charge is 0.488 e. The summed E-state index contributed by atoms with van der Waals surface area (Å²) in [5.74, 6) is 0.934. The minimum Gasteiger partial charge on any atom is -0.488 e. The Kier molecular flexibility index (Phi) is 4.10. The first-order valence-corrected chi connectivity index (χ1v) is 8.08. The van der Waals surface area contributed by atoms with Crippen LogP contribution in [0, 0.1) is 0 Å². The van der Waals surface area contributed by atoms with Crippen LogP contribution in [0.15, 0.2) is 39.3 Å². The molecule has 100 valence electrons. The van der Waals surface area contributed by atoms with Crippen molar-refractivity contribution in [2.45, 2.75) is 18.9 Å². The standard InChI is InChI=1S/C15H15Br2NO/c16-11-4-5-13-10(8-11)3-6-14(15(13)17)19-12-2-1-7-18-9-12/h3-6,8,12,18H,1-2,7,9H2. The molecule has 2 nitrogen and oxygen atoms in total. The van der Waals surface area contributed by atoms with Crippen molar-refractivity contribution in [2.75, 3.05) is 13.1 Å². The number of rotatable bonds is 2. The lowest BCUT2D eigenvalue weighted by atomic mass is 10.1. The molecule has 1 N–H and O–H groups in total. The van der Waals surface area contributed by atoms with Crippen molar-refractivity contribution in [3.63, 3.8) is 0 Å². The van der Waals surface area contributed by atoms with Gasteiger partial charge < -0.3 is 10.1 Å². The number of nitrogens with one attached hydrogen (secondary N) is 1. The van der Waals surface area contributed by atoms with Gasteiger partial charge in [0.05, 0.1) is 4.47 Å². The lowest BCUT2D eigenvalue weighted by Gasteiger charge is -2.24. The molecule has 0 spiro atoms. The molecular formula is C15H15Br2NO. The summed E-state index contributed by atoms with van der Waals surface area (Å²) in [6.45, 7) is 2.04. The summed E-state index contributed by atoms with van der Waals surface area (Å²) < 4.78 is 8.24. The second-order valence-electron chi connectivity index (χ2n) is 4.83. The molecule has 0 saturated carbocycles. The Balaban J connectivity index is 1.91. The van der Waals surface area contributed by atoms with Crippen molar-refractivity contribution < 1.29 is 4.74 Å². The highest BCUT2D eigenvalue weighted by Gasteiger charge is 2.16. The molecule has 19 heavy (non-hydrogen) atoms. The van der Waals surface area contributed by atoms with Crippen LogP contribution in [0.1, 0.15) is 12.8 Å². The second kappa shape index (κ2) is 5.81. The van der Waals surface area contributed by atoms with Gasteiger partial charge in [-0.05, 0) is 64.3 Å². The minimum atomic E-state index is 0.276. The van der Waals surface area contributed by atoms with E-state index in [2.05, 4.69) is 61.4 Å². The van der Waals surface area contributed by atoms with Crippen LogP contribution in [0.2, 0.25) is 0 Å². The summed E-state index contributed by atoms with van der Waals surface area (Å²) >= 11 is 7.17. The van der Waals surface area contributed by atoms with E-state index in [-0.39, 0.29) is 6.10 Å². The third-order valence-electron chi connectivity index (χ3n) is 3.43. The average molecular weight is 385 g/mol. The molecule has 0 amide bonds. The Morgan fingerprint density at radius 3 is 2.84 bits per heavy atom. The maximum absolute atomic E-state index is 6.10. The van der Waals surface area contributed by atoms with Gasteiger partial charge in [-0.1, -0.05) is 28.1 Å². The first-order valence-electron chi connectivity index (χ1n) is 6.49. The summed E-state index contributed by atoms with van der Waals surface area (Å²) in [6.07, 6.45) is 2.58. The molecule has 1 aliphatic rings. The maximum atomic E-state index is 6.10. The number of fused-ring (bicyclic) bond motifs is 1. The Hall–Kier alpha value is -0.580. The van der Waals surface area contributed by atoms with E-state index in [4.69, 9.17) is 4.74 Å². The summed E-state index contributed by atoms with van der Waals surface area (Å²) in [7, 11) is 0. The molecule has 2 aromatic rings. The van der Waals surface area contributed by atoms with Gasteiger partial charge in [-0.15, -0.1) is 0 Å². The van der Waals surface area contributed by atoms with E-state index in [0.717, 1.165) is 34.2 Å². The topological polar surface area (TPSA) is 21.3 Å². The third-order valence-corrected chi connectivity index (χ3v) is 4.74. The lowest BCUT2D eigenvalue weighted by molar-refractivity contribution is 0.166. The van der Waals surface area contributed by atoms with Crippen LogP contribution in [0.4, 0.5) is 0 Å². The SMILES string of the molecule is Brc1ccc2c(Br)c(OC3CCCNC3)ccc2c1. The Morgan fingerprint density at radius 1 is 1.16 bits per heavy atom. The highest BCUT2D eigenvalue weighted by Crippen LogP contribution is 2.35. The Morgan fingerprint density at radius 2 is 2.05 bits per heavy atom. The van der Waals surface area contributed by atoms with E-state index in [1.54, 1.807) is 0 Å². The van der Waals surface area contributed by atoms with Crippen LogP contribution in [-0.2, 0) is 0 Å². The fourth-order valence-electron chi connectivity index (χ4n) is 2.43. The van der Waals surface area contributed by atoms with Gasteiger partial charge in [-0.3, -0.25) is 0 Å². The van der Waals surface area contributed by atoms with E-state index < -0.39 is 0 Å². The molecule has 1 aliphatic heterocycles. The van der Waals surface area contributed by atoms with E-state index in [0.29, 0.717) is 0 Å². The maximum Gasteiger partial charge on any atom is 0.134 e. The average Bonchev–Trinajstić information content (AvgIpc) is 2.43. The zero-order valence-corrected chi connectivity index (χ0v) is 13.6. The minimum absolute atomic E-state index is 0.276. The van der Waals surface area contributed by atoms with Crippen LogP contribution in [0.3, 0.4) is 0 Å². The summed E-state index contributed by atoms with van der Waals surface area (Å²) in [6, 6.07) is 10.4. The predicted octanol–water partition coefficient (Wildman–Crippen LogP) is 4.50. The number of benzene rings is 2. The van der Waals surface area contributed by atoms with Crippen LogP contribution in [0.5, 0.6) is 5.75 Å². The van der Waals surface area contributed by atoms with Crippen molar-refractivity contribution in [3.8, 4) is 5.75 Å². The van der Waals surface area contributed by atoms with Crippen molar-refractivity contribution in [1.29, 1.82) is 0 Å². The first kappa shape index (κ1) is 13.4. The fraction of sp³-hybridized carbons (Fsp3) is 0.333.